The van der Waals surface area contributed by atoms with Gasteiger partial charge in [-0.1, -0.05) is 0 Å². The molecule has 19 heavy (non-hydrogen) atoms. The number of amides is 1. The van der Waals surface area contributed by atoms with Crippen molar-refractivity contribution in [2.45, 2.75) is 32.4 Å². The second-order valence-electron chi connectivity index (χ2n) is 5.45. The molecule has 1 aliphatic heterocycles. The molecule has 1 atom stereocenters. The zero-order valence-corrected chi connectivity index (χ0v) is 11.8. The van der Waals surface area contributed by atoms with E-state index in [2.05, 4.69) is 29.8 Å². The van der Waals surface area contributed by atoms with Gasteiger partial charge in [0, 0.05) is 17.8 Å². The smallest absolute Gasteiger partial charge is 0.265 e. The molecule has 0 aliphatic carbocycles. The zero-order valence-electron chi connectivity index (χ0n) is 11.8. The van der Waals surface area contributed by atoms with Crippen LogP contribution in [-0.2, 0) is 4.79 Å². The summed E-state index contributed by atoms with van der Waals surface area (Å²) in [6.07, 6.45) is -0.436. The molecular weight excluding hydrogens is 242 g/mol. The average molecular weight is 263 g/mol. The molecule has 5 heteroatoms. The Morgan fingerprint density at radius 1 is 1.42 bits per heavy atom. The SMILES string of the molecule is CNC(C)(C)CNc1ccc2c(c1)NC(=O)C(C)O2. The third kappa shape index (κ3) is 3.17. The maximum Gasteiger partial charge on any atom is 0.265 e. The predicted molar refractivity (Wildman–Crippen MR) is 76.8 cm³/mol. The van der Waals surface area contributed by atoms with Gasteiger partial charge in [0.1, 0.15) is 5.75 Å². The van der Waals surface area contributed by atoms with Crippen LogP contribution in [0.2, 0.25) is 0 Å². The van der Waals surface area contributed by atoms with E-state index in [0.717, 1.165) is 17.9 Å². The number of carbonyl (C=O) groups is 1. The van der Waals surface area contributed by atoms with Crippen molar-refractivity contribution >= 4 is 17.3 Å². The van der Waals surface area contributed by atoms with Gasteiger partial charge >= 0.3 is 0 Å². The molecule has 1 aromatic rings. The van der Waals surface area contributed by atoms with Crippen LogP contribution < -0.4 is 20.7 Å². The Labute approximate surface area is 113 Å². The van der Waals surface area contributed by atoms with Crippen molar-refractivity contribution < 1.29 is 9.53 Å². The number of rotatable bonds is 4. The molecule has 1 aliphatic rings. The van der Waals surface area contributed by atoms with Gasteiger partial charge < -0.3 is 20.7 Å². The number of carbonyl (C=O) groups excluding carboxylic acids is 1. The summed E-state index contributed by atoms with van der Waals surface area (Å²) in [5.74, 6) is 0.603. The number of fused-ring (bicyclic) bond motifs is 1. The van der Waals surface area contributed by atoms with Crippen LogP contribution in [0, 0.1) is 0 Å². The van der Waals surface area contributed by atoms with E-state index in [1.807, 2.05) is 25.2 Å². The number of hydrogen-bond donors (Lipinski definition) is 3. The molecule has 0 fully saturated rings. The highest BCUT2D eigenvalue weighted by atomic mass is 16.5. The molecule has 0 saturated heterocycles. The average Bonchev–Trinajstić information content (AvgIpc) is 2.38. The highest BCUT2D eigenvalue weighted by Gasteiger charge is 2.23. The van der Waals surface area contributed by atoms with Crippen molar-refractivity contribution in [1.82, 2.24) is 5.32 Å². The topological polar surface area (TPSA) is 62.4 Å². The van der Waals surface area contributed by atoms with Gasteiger partial charge in [-0.15, -0.1) is 0 Å². The first-order chi connectivity index (χ1) is 8.91. The Morgan fingerprint density at radius 3 is 2.84 bits per heavy atom. The first-order valence-electron chi connectivity index (χ1n) is 6.46. The normalized spacial score (nSPS) is 18.3. The summed E-state index contributed by atoms with van der Waals surface area (Å²) in [7, 11) is 1.93. The van der Waals surface area contributed by atoms with Crippen LogP contribution in [0.1, 0.15) is 20.8 Å². The van der Waals surface area contributed by atoms with Gasteiger partial charge in [0.25, 0.3) is 5.91 Å². The summed E-state index contributed by atoms with van der Waals surface area (Å²) in [6, 6.07) is 5.72. The molecule has 0 spiro atoms. The van der Waals surface area contributed by atoms with Gasteiger partial charge in [0.2, 0.25) is 0 Å². The minimum Gasteiger partial charge on any atom is -0.479 e. The van der Waals surface area contributed by atoms with Gasteiger partial charge in [0.05, 0.1) is 5.69 Å². The summed E-state index contributed by atoms with van der Waals surface area (Å²) in [5.41, 5.74) is 1.68. The number of benzene rings is 1. The fourth-order valence-corrected chi connectivity index (χ4v) is 1.73. The van der Waals surface area contributed by atoms with Gasteiger partial charge in [-0.05, 0) is 46.0 Å². The van der Waals surface area contributed by atoms with E-state index in [1.54, 1.807) is 6.92 Å². The van der Waals surface area contributed by atoms with Crippen LogP contribution in [0.25, 0.3) is 0 Å². The Hall–Kier alpha value is -1.75. The third-order valence-electron chi connectivity index (χ3n) is 3.32. The second-order valence-corrected chi connectivity index (χ2v) is 5.45. The predicted octanol–water partition coefficient (Wildman–Crippen LogP) is 1.82. The Balaban J connectivity index is 2.09. The van der Waals surface area contributed by atoms with Gasteiger partial charge in [-0.25, -0.2) is 0 Å². The largest absolute Gasteiger partial charge is 0.479 e. The molecule has 1 heterocycles. The van der Waals surface area contributed by atoms with Crippen molar-refractivity contribution in [3.8, 4) is 5.75 Å². The molecule has 0 radical (unpaired) electrons. The first kappa shape index (κ1) is 13.7. The number of anilines is 2. The molecular formula is C14H21N3O2. The van der Waals surface area contributed by atoms with Crippen LogP contribution in [0.15, 0.2) is 18.2 Å². The quantitative estimate of drug-likeness (QED) is 0.775. The van der Waals surface area contributed by atoms with Crippen molar-refractivity contribution in [2.75, 3.05) is 24.2 Å². The maximum absolute atomic E-state index is 11.6. The minimum atomic E-state index is -0.436. The molecule has 1 aromatic carbocycles. The number of likely N-dealkylation sites (N-methyl/N-ethyl adjacent to an activating group) is 1. The lowest BCUT2D eigenvalue weighted by Gasteiger charge is -2.26. The first-order valence-corrected chi connectivity index (χ1v) is 6.46. The Bertz CT molecular complexity index is 486. The van der Waals surface area contributed by atoms with Crippen molar-refractivity contribution in [1.29, 1.82) is 0 Å². The van der Waals surface area contributed by atoms with Crippen LogP contribution in [0.3, 0.4) is 0 Å². The highest BCUT2D eigenvalue weighted by molar-refractivity contribution is 5.98. The van der Waals surface area contributed by atoms with E-state index >= 15 is 0 Å². The van der Waals surface area contributed by atoms with E-state index in [1.165, 1.54) is 0 Å². The lowest BCUT2D eigenvalue weighted by molar-refractivity contribution is -0.122. The monoisotopic (exact) mass is 263 g/mol. The molecule has 1 amide bonds. The number of nitrogens with one attached hydrogen (secondary N) is 3. The van der Waals surface area contributed by atoms with Crippen molar-refractivity contribution in [3.63, 3.8) is 0 Å². The second kappa shape index (κ2) is 5.09. The molecule has 5 nitrogen and oxygen atoms in total. The summed E-state index contributed by atoms with van der Waals surface area (Å²) in [6.45, 7) is 6.75. The summed E-state index contributed by atoms with van der Waals surface area (Å²) in [5, 5.41) is 9.41. The Kier molecular flexibility index (Phi) is 3.66. The van der Waals surface area contributed by atoms with Crippen LogP contribution in [0.4, 0.5) is 11.4 Å². The molecule has 0 bridgehead atoms. The summed E-state index contributed by atoms with van der Waals surface area (Å²) < 4.78 is 5.51. The minimum absolute atomic E-state index is 0.00413. The lowest BCUT2D eigenvalue weighted by atomic mass is 10.1. The molecule has 104 valence electrons. The van der Waals surface area contributed by atoms with Crippen LogP contribution in [-0.4, -0.2) is 31.1 Å². The molecule has 0 aromatic heterocycles. The van der Waals surface area contributed by atoms with Crippen molar-refractivity contribution in [2.24, 2.45) is 0 Å². The zero-order chi connectivity index (χ0) is 14.0. The van der Waals surface area contributed by atoms with Crippen LogP contribution >= 0.6 is 0 Å². The van der Waals surface area contributed by atoms with E-state index in [4.69, 9.17) is 4.74 Å². The van der Waals surface area contributed by atoms with E-state index in [0.29, 0.717) is 5.75 Å². The fraction of sp³-hybridized carbons (Fsp3) is 0.500. The van der Waals surface area contributed by atoms with Crippen molar-refractivity contribution in [3.05, 3.63) is 18.2 Å². The van der Waals surface area contributed by atoms with Crippen LogP contribution in [0.5, 0.6) is 5.75 Å². The molecule has 2 rings (SSSR count). The fourth-order valence-electron chi connectivity index (χ4n) is 1.73. The number of ether oxygens (including phenoxy) is 1. The van der Waals surface area contributed by atoms with E-state index < -0.39 is 6.10 Å². The number of hydrogen-bond acceptors (Lipinski definition) is 4. The highest BCUT2D eigenvalue weighted by Crippen LogP contribution is 2.32. The van der Waals surface area contributed by atoms with Gasteiger partial charge in [0.15, 0.2) is 6.10 Å². The Morgan fingerprint density at radius 2 is 2.16 bits per heavy atom. The summed E-state index contributed by atoms with van der Waals surface area (Å²) in [4.78, 5) is 11.6. The lowest BCUT2D eigenvalue weighted by Crippen LogP contribution is -2.42. The maximum atomic E-state index is 11.6. The molecule has 0 saturated carbocycles. The third-order valence-corrected chi connectivity index (χ3v) is 3.32. The van der Waals surface area contributed by atoms with E-state index in [9.17, 15) is 4.79 Å². The van der Waals surface area contributed by atoms with Gasteiger partial charge in [-0.2, -0.15) is 0 Å². The van der Waals surface area contributed by atoms with E-state index in [-0.39, 0.29) is 11.4 Å². The van der Waals surface area contributed by atoms with Gasteiger partial charge in [-0.3, -0.25) is 4.79 Å². The molecule has 1 unspecified atom stereocenters. The summed E-state index contributed by atoms with van der Waals surface area (Å²) >= 11 is 0. The standard InChI is InChI=1S/C14H21N3O2/c1-9-13(18)17-11-7-10(5-6-12(11)19-9)16-8-14(2,3)15-4/h5-7,9,15-16H,8H2,1-4H3,(H,17,18). The molecule has 3 N–H and O–H groups in total.